The molecule has 33 heavy (non-hydrogen) atoms. The van der Waals surface area contributed by atoms with Gasteiger partial charge < -0.3 is 20.5 Å². The second-order valence-electron chi connectivity index (χ2n) is 8.98. The average Bonchev–Trinajstić information content (AvgIpc) is 3.08. The normalized spacial score (nSPS) is 14.2. The van der Waals surface area contributed by atoms with Crippen molar-refractivity contribution in [3.63, 3.8) is 0 Å². The molecule has 0 bridgehead atoms. The second kappa shape index (κ2) is 11.0. The minimum atomic E-state index is -0.881. The quantitative estimate of drug-likeness (QED) is 0.502. The Kier molecular flexibility index (Phi) is 8.09. The zero-order chi connectivity index (χ0) is 24.0. The van der Waals surface area contributed by atoms with Crippen molar-refractivity contribution in [1.29, 1.82) is 0 Å². The molecule has 0 radical (unpaired) electrons. The number of benzene rings is 2. The first kappa shape index (κ1) is 24.3. The highest BCUT2D eigenvalue weighted by molar-refractivity contribution is 5.79. The van der Waals surface area contributed by atoms with Crippen LogP contribution in [0.3, 0.4) is 0 Å². The number of carbonyl (C=O) groups is 3. The summed E-state index contributed by atoms with van der Waals surface area (Å²) in [6.07, 6.45) is -0.476. The number of hydrogen-bond acceptors (Lipinski definition) is 4. The van der Waals surface area contributed by atoms with Crippen LogP contribution in [0.4, 0.5) is 4.79 Å². The summed E-state index contributed by atoms with van der Waals surface area (Å²) in [5.74, 6) is -1.15. The fraction of sp³-hybridized carbons (Fsp3) is 0.423. The average molecular weight is 453 g/mol. The molecular weight excluding hydrogens is 420 g/mol. The van der Waals surface area contributed by atoms with Gasteiger partial charge in [-0.25, -0.2) is 4.79 Å². The molecule has 0 saturated heterocycles. The smallest absolute Gasteiger partial charge is 0.407 e. The number of rotatable bonds is 10. The van der Waals surface area contributed by atoms with Crippen LogP contribution in [0.1, 0.15) is 50.7 Å². The van der Waals surface area contributed by atoms with E-state index < -0.39 is 18.1 Å². The maximum Gasteiger partial charge on any atom is 0.407 e. The van der Waals surface area contributed by atoms with Crippen LogP contribution >= 0.6 is 0 Å². The van der Waals surface area contributed by atoms with Crippen molar-refractivity contribution in [1.82, 2.24) is 10.6 Å². The highest BCUT2D eigenvalue weighted by Gasteiger charge is 2.29. The molecule has 2 aromatic carbocycles. The fourth-order valence-corrected chi connectivity index (χ4v) is 4.26. The van der Waals surface area contributed by atoms with E-state index in [-0.39, 0.29) is 43.1 Å². The number of amides is 2. The number of alkyl carbamates (subject to hydrolysis) is 1. The maximum atomic E-state index is 12.4. The van der Waals surface area contributed by atoms with Gasteiger partial charge in [-0.1, -0.05) is 62.4 Å². The molecule has 7 nitrogen and oxygen atoms in total. The Morgan fingerprint density at radius 2 is 1.52 bits per heavy atom. The van der Waals surface area contributed by atoms with Crippen molar-refractivity contribution in [2.24, 2.45) is 11.8 Å². The van der Waals surface area contributed by atoms with E-state index in [2.05, 4.69) is 34.9 Å². The Bertz CT molecular complexity index is 958. The van der Waals surface area contributed by atoms with E-state index >= 15 is 0 Å². The molecule has 0 fully saturated rings. The van der Waals surface area contributed by atoms with Gasteiger partial charge in [0.2, 0.25) is 5.91 Å². The summed E-state index contributed by atoms with van der Waals surface area (Å²) in [7, 11) is 0. The number of fused-ring (bicyclic) bond motifs is 3. The summed E-state index contributed by atoms with van der Waals surface area (Å²) in [6, 6.07) is 15.8. The molecule has 1 unspecified atom stereocenters. The van der Waals surface area contributed by atoms with Crippen LogP contribution in [-0.4, -0.2) is 42.3 Å². The molecule has 7 heteroatoms. The third kappa shape index (κ3) is 6.34. The molecule has 1 aliphatic carbocycles. The Morgan fingerprint density at radius 3 is 2.06 bits per heavy atom. The monoisotopic (exact) mass is 452 g/mol. The van der Waals surface area contributed by atoms with Gasteiger partial charge in [0.15, 0.2) is 0 Å². The Morgan fingerprint density at radius 1 is 0.939 bits per heavy atom. The minimum Gasteiger partial charge on any atom is -0.481 e. The van der Waals surface area contributed by atoms with Crippen LogP contribution in [0.15, 0.2) is 48.5 Å². The lowest BCUT2D eigenvalue weighted by molar-refractivity contribution is -0.138. The highest BCUT2D eigenvalue weighted by atomic mass is 16.5. The van der Waals surface area contributed by atoms with Crippen molar-refractivity contribution >= 4 is 18.0 Å². The van der Waals surface area contributed by atoms with E-state index in [9.17, 15) is 14.4 Å². The first-order valence-corrected chi connectivity index (χ1v) is 11.4. The van der Waals surface area contributed by atoms with Crippen LogP contribution in [0.2, 0.25) is 0 Å². The Hall–Kier alpha value is -3.35. The van der Waals surface area contributed by atoms with Gasteiger partial charge >= 0.3 is 12.1 Å². The summed E-state index contributed by atoms with van der Waals surface area (Å²) in [6.45, 7) is 6.10. The lowest BCUT2D eigenvalue weighted by Crippen LogP contribution is -2.39. The Labute approximate surface area is 194 Å². The van der Waals surface area contributed by atoms with Gasteiger partial charge in [0.25, 0.3) is 0 Å². The summed E-state index contributed by atoms with van der Waals surface area (Å²) in [4.78, 5) is 35.6. The molecule has 3 rings (SSSR count). The van der Waals surface area contributed by atoms with Crippen molar-refractivity contribution in [3.8, 4) is 11.1 Å². The number of hydrogen-bond donors (Lipinski definition) is 3. The maximum absolute atomic E-state index is 12.4. The van der Waals surface area contributed by atoms with Crippen molar-refractivity contribution in [2.45, 2.75) is 45.6 Å². The van der Waals surface area contributed by atoms with E-state index in [1.165, 1.54) is 0 Å². The molecule has 0 aliphatic heterocycles. The minimum absolute atomic E-state index is 0.00546. The molecule has 0 aromatic heterocycles. The topological polar surface area (TPSA) is 105 Å². The zero-order valence-electron chi connectivity index (χ0n) is 19.3. The molecule has 0 spiro atoms. The summed E-state index contributed by atoms with van der Waals surface area (Å²) in [5.41, 5.74) is 4.60. The van der Waals surface area contributed by atoms with Gasteiger partial charge in [0.05, 0.1) is 6.42 Å². The number of carboxylic acids is 1. The van der Waals surface area contributed by atoms with Gasteiger partial charge in [-0.15, -0.1) is 0 Å². The lowest BCUT2D eigenvalue weighted by Gasteiger charge is -2.20. The van der Waals surface area contributed by atoms with E-state index in [0.717, 1.165) is 22.3 Å². The van der Waals surface area contributed by atoms with E-state index in [1.54, 1.807) is 6.92 Å². The van der Waals surface area contributed by atoms with Crippen LogP contribution in [0.25, 0.3) is 11.1 Å². The highest BCUT2D eigenvalue weighted by Crippen LogP contribution is 2.44. The molecule has 0 heterocycles. The van der Waals surface area contributed by atoms with Gasteiger partial charge in [0, 0.05) is 24.9 Å². The number of carboxylic acid groups (broad SMARTS) is 1. The predicted octanol–water partition coefficient (Wildman–Crippen LogP) is 4.17. The predicted molar refractivity (Wildman–Crippen MR) is 126 cm³/mol. The molecule has 3 N–H and O–H groups in total. The molecule has 2 atom stereocenters. The van der Waals surface area contributed by atoms with Gasteiger partial charge in [-0.05, 0) is 41.0 Å². The lowest BCUT2D eigenvalue weighted by atomic mass is 9.92. The van der Waals surface area contributed by atoms with Crippen LogP contribution in [-0.2, 0) is 14.3 Å². The SMILES string of the molecule is CC(C)C(CNC(=O)C[C@H](C)NC(=O)OCC1c2ccccc2-c2ccccc21)CC(=O)O. The molecule has 1 aliphatic rings. The van der Waals surface area contributed by atoms with E-state index in [4.69, 9.17) is 9.84 Å². The summed E-state index contributed by atoms with van der Waals surface area (Å²) < 4.78 is 5.52. The van der Waals surface area contributed by atoms with Gasteiger partial charge in [-0.2, -0.15) is 0 Å². The van der Waals surface area contributed by atoms with E-state index in [1.807, 2.05) is 38.1 Å². The summed E-state index contributed by atoms with van der Waals surface area (Å²) >= 11 is 0. The molecule has 176 valence electrons. The van der Waals surface area contributed by atoms with Gasteiger partial charge in [-0.3, -0.25) is 9.59 Å². The third-order valence-electron chi connectivity index (χ3n) is 6.14. The third-order valence-corrected chi connectivity index (χ3v) is 6.14. The first-order valence-electron chi connectivity index (χ1n) is 11.4. The zero-order valence-corrected chi connectivity index (χ0v) is 19.3. The number of nitrogens with one attached hydrogen (secondary N) is 2. The number of ether oxygens (including phenoxy) is 1. The van der Waals surface area contributed by atoms with Crippen LogP contribution in [0.5, 0.6) is 0 Å². The molecule has 0 saturated carbocycles. The van der Waals surface area contributed by atoms with E-state index in [0.29, 0.717) is 6.54 Å². The molecule has 2 amide bonds. The van der Waals surface area contributed by atoms with Crippen LogP contribution < -0.4 is 10.6 Å². The van der Waals surface area contributed by atoms with Crippen LogP contribution in [0, 0.1) is 11.8 Å². The van der Waals surface area contributed by atoms with Gasteiger partial charge in [0.1, 0.15) is 6.61 Å². The number of carbonyl (C=O) groups excluding carboxylic acids is 2. The largest absolute Gasteiger partial charge is 0.481 e. The van der Waals surface area contributed by atoms with Crippen molar-refractivity contribution in [2.75, 3.05) is 13.2 Å². The standard InChI is InChI=1S/C26H32N2O5/c1-16(2)18(13-25(30)31)14-27-24(29)12-17(3)28-26(32)33-15-23-21-10-6-4-8-19(21)20-9-5-7-11-22(20)23/h4-11,16-18,23H,12-15H2,1-3H3,(H,27,29)(H,28,32)(H,30,31)/t17-,18?/m0/s1. The number of aliphatic carboxylic acids is 1. The molecule has 2 aromatic rings. The van der Waals surface area contributed by atoms with Crippen molar-refractivity contribution in [3.05, 3.63) is 59.7 Å². The second-order valence-corrected chi connectivity index (χ2v) is 8.98. The first-order chi connectivity index (χ1) is 15.8. The Balaban J connectivity index is 1.47. The summed E-state index contributed by atoms with van der Waals surface area (Å²) in [5, 5.41) is 14.5. The van der Waals surface area contributed by atoms with Crippen molar-refractivity contribution < 1.29 is 24.2 Å². The fourth-order valence-electron chi connectivity index (χ4n) is 4.26. The molecular formula is C26H32N2O5.